The smallest absolute Gasteiger partial charge is 0.0786 e. The van der Waals surface area contributed by atoms with Crippen LogP contribution in [-0.2, 0) is 11.3 Å². The Morgan fingerprint density at radius 2 is 2.05 bits per heavy atom. The molecule has 0 fully saturated rings. The molecule has 2 rings (SSSR count). The van der Waals surface area contributed by atoms with Gasteiger partial charge in [0, 0.05) is 22.7 Å². The highest BCUT2D eigenvalue weighted by Gasteiger charge is 2.24. The quantitative estimate of drug-likeness (QED) is 0.809. The van der Waals surface area contributed by atoms with Crippen molar-refractivity contribution in [2.24, 2.45) is 0 Å². The van der Waals surface area contributed by atoms with Gasteiger partial charge in [-0.25, -0.2) is 0 Å². The van der Waals surface area contributed by atoms with Crippen LogP contribution in [0.2, 0.25) is 10.0 Å². The molecule has 0 amide bonds. The summed E-state index contributed by atoms with van der Waals surface area (Å²) in [5, 5.41) is 8.87. The normalized spacial score (nSPS) is 12.6. The molecule has 1 aromatic carbocycles. The van der Waals surface area contributed by atoms with Crippen molar-refractivity contribution in [3.05, 3.63) is 50.2 Å². The summed E-state index contributed by atoms with van der Waals surface area (Å²) in [6.45, 7) is 1.23. The number of methoxy groups -OCH3 is 1. The lowest BCUT2D eigenvalue weighted by atomic mass is 10.0. The van der Waals surface area contributed by atoms with E-state index in [9.17, 15) is 0 Å². The number of rotatable bonds is 6. The van der Waals surface area contributed by atoms with Crippen LogP contribution < -0.4 is 5.32 Å². The highest BCUT2D eigenvalue weighted by Crippen LogP contribution is 2.36. The first-order chi connectivity index (χ1) is 10.1. The van der Waals surface area contributed by atoms with Gasteiger partial charge in [-0.2, -0.15) is 5.10 Å². The molecular formula is C14H16BrCl2N3O. The maximum atomic E-state index is 6.33. The van der Waals surface area contributed by atoms with E-state index in [-0.39, 0.29) is 6.04 Å². The minimum absolute atomic E-state index is 0.167. The Kier molecular flexibility index (Phi) is 6.08. The molecule has 0 aliphatic carbocycles. The lowest BCUT2D eigenvalue weighted by Gasteiger charge is -2.21. The van der Waals surface area contributed by atoms with Crippen LogP contribution in [0.15, 0.2) is 28.9 Å². The molecular weight excluding hydrogens is 377 g/mol. The molecule has 7 heteroatoms. The Balaban J connectivity index is 2.49. The molecule has 1 unspecified atom stereocenters. The highest BCUT2D eigenvalue weighted by molar-refractivity contribution is 9.10. The van der Waals surface area contributed by atoms with Crippen molar-refractivity contribution in [3.63, 3.8) is 0 Å². The standard InChI is InChI=1S/C14H16BrCl2N3O/c1-18-13(12-10(16)4-3-5-11(12)17)14-9(15)8-19-20(14)6-7-21-2/h3-5,8,13,18H,6-7H2,1-2H3. The average Bonchev–Trinajstić information content (AvgIpc) is 2.82. The molecule has 0 spiro atoms. The first kappa shape index (κ1) is 16.8. The monoisotopic (exact) mass is 391 g/mol. The fourth-order valence-corrected chi connectivity index (χ4v) is 3.36. The minimum atomic E-state index is -0.167. The van der Waals surface area contributed by atoms with Gasteiger partial charge < -0.3 is 10.1 Å². The fourth-order valence-electron chi connectivity index (χ4n) is 2.22. The van der Waals surface area contributed by atoms with Crippen molar-refractivity contribution in [1.29, 1.82) is 0 Å². The molecule has 1 aromatic heterocycles. The number of aromatic nitrogens is 2. The predicted octanol–water partition coefficient (Wildman–Crippen LogP) is 3.91. The predicted molar refractivity (Wildman–Crippen MR) is 89.2 cm³/mol. The Bertz CT molecular complexity index is 598. The molecule has 21 heavy (non-hydrogen) atoms. The first-order valence-electron chi connectivity index (χ1n) is 6.41. The van der Waals surface area contributed by atoms with Crippen LogP contribution in [0.3, 0.4) is 0 Å². The first-order valence-corrected chi connectivity index (χ1v) is 7.96. The van der Waals surface area contributed by atoms with Gasteiger partial charge in [0.05, 0.1) is 35.6 Å². The third-order valence-electron chi connectivity index (χ3n) is 3.19. The van der Waals surface area contributed by atoms with E-state index < -0.39 is 0 Å². The van der Waals surface area contributed by atoms with Gasteiger partial charge in [0.25, 0.3) is 0 Å². The van der Waals surface area contributed by atoms with E-state index in [0.29, 0.717) is 23.2 Å². The molecule has 114 valence electrons. The maximum absolute atomic E-state index is 6.33. The summed E-state index contributed by atoms with van der Waals surface area (Å²) < 4.78 is 7.91. The molecule has 1 N–H and O–H groups in total. The molecule has 2 aromatic rings. The Hall–Kier alpha value is -0.590. The van der Waals surface area contributed by atoms with Crippen molar-refractivity contribution in [2.45, 2.75) is 12.6 Å². The second-order valence-corrected chi connectivity index (χ2v) is 6.12. The second-order valence-electron chi connectivity index (χ2n) is 4.45. The van der Waals surface area contributed by atoms with Crippen molar-refractivity contribution < 1.29 is 4.74 Å². The number of hydrogen-bond acceptors (Lipinski definition) is 3. The zero-order valence-electron chi connectivity index (χ0n) is 11.7. The van der Waals surface area contributed by atoms with E-state index in [1.165, 1.54) is 0 Å². The molecule has 1 atom stereocenters. The van der Waals surface area contributed by atoms with Crippen molar-refractivity contribution in [1.82, 2.24) is 15.1 Å². The molecule has 1 heterocycles. The van der Waals surface area contributed by atoms with Crippen LogP contribution in [0.25, 0.3) is 0 Å². The zero-order chi connectivity index (χ0) is 15.4. The average molecular weight is 393 g/mol. The molecule has 0 aliphatic heterocycles. The van der Waals surface area contributed by atoms with E-state index in [1.54, 1.807) is 13.3 Å². The molecule has 0 bridgehead atoms. The van der Waals surface area contributed by atoms with Gasteiger partial charge in [-0.3, -0.25) is 4.68 Å². The summed E-state index contributed by atoms with van der Waals surface area (Å²) >= 11 is 16.2. The largest absolute Gasteiger partial charge is 0.383 e. The van der Waals surface area contributed by atoms with Gasteiger partial charge in [-0.05, 0) is 35.1 Å². The van der Waals surface area contributed by atoms with Gasteiger partial charge in [-0.1, -0.05) is 29.3 Å². The zero-order valence-corrected chi connectivity index (χ0v) is 14.8. The molecule has 0 saturated carbocycles. The highest BCUT2D eigenvalue weighted by atomic mass is 79.9. The number of hydrogen-bond donors (Lipinski definition) is 1. The van der Waals surface area contributed by atoms with Gasteiger partial charge in [-0.15, -0.1) is 0 Å². The van der Waals surface area contributed by atoms with Gasteiger partial charge in [0.15, 0.2) is 0 Å². The Morgan fingerprint density at radius 1 is 1.38 bits per heavy atom. The Morgan fingerprint density at radius 3 is 2.62 bits per heavy atom. The summed E-state index contributed by atoms with van der Waals surface area (Å²) in [6, 6.07) is 5.33. The van der Waals surface area contributed by atoms with Gasteiger partial charge >= 0.3 is 0 Å². The van der Waals surface area contributed by atoms with E-state index in [4.69, 9.17) is 27.9 Å². The number of benzene rings is 1. The van der Waals surface area contributed by atoms with E-state index in [2.05, 4.69) is 26.3 Å². The summed E-state index contributed by atoms with van der Waals surface area (Å²) in [7, 11) is 3.53. The van der Waals surface area contributed by atoms with E-state index >= 15 is 0 Å². The molecule has 4 nitrogen and oxygen atoms in total. The maximum Gasteiger partial charge on any atom is 0.0786 e. The number of ether oxygens (including phenoxy) is 1. The third kappa shape index (κ3) is 3.60. The van der Waals surface area contributed by atoms with E-state index in [1.807, 2.05) is 29.9 Å². The van der Waals surface area contributed by atoms with Crippen LogP contribution in [-0.4, -0.2) is 30.5 Å². The van der Waals surface area contributed by atoms with Crippen molar-refractivity contribution in [2.75, 3.05) is 20.8 Å². The van der Waals surface area contributed by atoms with Gasteiger partial charge in [0.1, 0.15) is 0 Å². The fraction of sp³-hybridized carbons (Fsp3) is 0.357. The van der Waals surface area contributed by atoms with E-state index in [0.717, 1.165) is 15.7 Å². The van der Waals surface area contributed by atoms with Crippen LogP contribution in [0, 0.1) is 0 Å². The van der Waals surface area contributed by atoms with Crippen molar-refractivity contribution >= 4 is 39.1 Å². The molecule has 0 aliphatic rings. The third-order valence-corrected chi connectivity index (χ3v) is 4.46. The second kappa shape index (κ2) is 7.61. The molecule has 0 radical (unpaired) electrons. The lowest BCUT2D eigenvalue weighted by molar-refractivity contribution is 0.182. The number of nitrogens with zero attached hydrogens (tertiary/aromatic N) is 2. The molecule has 0 saturated heterocycles. The van der Waals surface area contributed by atoms with Crippen LogP contribution in [0.5, 0.6) is 0 Å². The summed E-state index contributed by atoms with van der Waals surface area (Å²) in [6.07, 6.45) is 1.76. The number of halogens is 3. The summed E-state index contributed by atoms with van der Waals surface area (Å²) in [5.41, 5.74) is 1.80. The summed E-state index contributed by atoms with van der Waals surface area (Å²) in [5.74, 6) is 0. The van der Waals surface area contributed by atoms with Crippen LogP contribution >= 0.6 is 39.1 Å². The van der Waals surface area contributed by atoms with Crippen molar-refractivity contribution in [3.8, 4) is 0 Å². The lowest BCUT2D eigenvalue weighted by Crippen LogP contribution is -2.23. The SMILES string of the molecule is CNC(c1c(Cl)cccc1Cl)c1c(Br)cnn1CCOC. The Labute approximate surface area is 142 Å². The topological polar surface area (TPSA) is 39.1 Å². The number of nitrogens with one attached hydrogen (secondary N) is 1. The van der Waals surface area contributed by atoms with Crippen LogP contribution in [0.4, 0.5) is 0 Å². The van der Waals surface area contributed by atoms with Gasteiger partial charge in [0.2, 0.25) is 0 Å². The minimum Gasteiger partial charge on any atom is -0.383 e. The summed E-state index contributed by atoms with van der Waals surface area (Å²) in [4.78, 5) is 0. The van der Waals surface area contributed by atoms with Crippen LogP contribution in [0.1, 0.15) is 17.3 Å².